The summed E-state index contributed by atoms with van der Waals surface area (Å²) < 4.78 is 6.45. The van der Waals surface area contributed by atoms with Crippen LogP contribution in [0.4, 0.5) is 10.3 Å². The lowest BCUT2D eigenvalue weighted by molar-refractivity contribution is 0.102. The summed E-state index contributed by atoms with van der Waals surface area (Å²) in [6, 6.07) is 5.29. The number of thiazole rings is 1. The maximum Gasteiger partial charge on any atom is 0.257 e. The number of fused-ring (bicyclic) bond motifs is 1. The first-order chi connectivity index (χ1) is 11.2. The van der Waals surface area contributed by atoms with E-state index in [4.69, 9.17) is 10.5 Å². The van der Waals surface area contributed by atoms with E-state index in [0.29, 0.717) is 15.8 Å². The number of nitrogens with one attached hydrogen (secondary N) is 1. The second-order valence-corrected chi connectivity index (χ2v) is 7.21. The Bertz CT molecular complexity index is 869. The molecular weight excluding hydrogens is 334 g/mol. The molecule has 1 aromatic carbocycles. The van der Waals surface area contributed by atoms with Gasteiger partial charge in [0.1, 0.15) is 11.1 Å². The molecule has 1 fully saturated rings. The molecule has 23 heavy (non-hydrogen) atoms. The number of rotatable bonds is 3. The van der Waals surface area contributed by atoms with Crippen LogP contribution in [0.3, 0.4) is 0 Å². The van der Waals surface area contributed by atoms with Crippen molar-refractivity contribution in [2.75, 3.05) is 17.7 Å². The molecule has 0 aliphatic carbocycles. The fraction of sp³-hybridized carbons (Fsp3) is 0.286. The van der Waals surface area contributed by atoms with Gasteiger partial charge < -0.3 is 10.5 Å². The molecule has 3 heterocycles. The van der Waals surface area contributed by atoms with Crippen LogP contribution in [0.5, 0.6) is 0 Å². The van der Waals surface area contributed by atoms with Gasteiger partial charge in [0, 0.05) is 12.2 Å². The maximum atomic E-state index is 12.3. The molecule has 3 aromatic rings. The monoisotopic (exact) mass is 347 g/mol. The molecule has 118 valence electrons. The van der Waals surface area contributed by atoms with Gasteiger partial charge in [-0.2, -0.15) is 0 Å². The lowest BCUT2D eigenvalue weighted by Gasteiger charge is -2.02. The summed E-state index contributed by atoms with van der Waals surface area (Å²) in [4.78, 5) is 16.5. The third kappa shape index (κ3) is 2.90. The number of nitrogens with two attached hydrogens (primary N) is 1. The second kappa shape index (κ2) is 5.84. The predicted molar refractivity (Wildman–Crippen MR) is 89.8 cm³/mol. The van der Waals surface area contributed by atoms with Crippen molar-refractivity contribution in [2.24, 2.45) is 0 Å². The minimum absolute atomic E-state index is 0.00895. The van der Waals surface area contributed by atoms with Crippen molar-refractivity contribution < 1.29 is 9.53 Å². The minimum Gasteiger partial charge on any atom is -0.375 e. The normalized spacial score (nSPS) is 17.7. The Morgan fingerprint density at radius 3 is 3.09 bits per heavy atom. The van der Waals surface area contributed by atoms with E-state index >= 15 is 0 Å². The molecule has 4 rings (SSSR count). The lowest BCUT2D eigenvalue weighted by atomic mass is 10.2. The molecule has 3 N–H and O–H groups in total. The molecule has 0 spiro atoms. The number of nitrogens with zero attached hydrogens (tertiary/aromatic N) is 3. The highest BCUT2D eigenvalue weighted by molar-refractivity contribution is 7.22. The zero-order chi connectivity index (χ0) is 15.8. The van der Waals surface area contributed by atoms with Crippen molar-refractivity contribution in [3.8, 4) is 0 Å². The molecular formula is C14H13N5O2S2. The Morgan fingerprint density at radius 2 is 2.26 bits per heavy atom. The van der Waals surface area contributed by atoms with Crippen molar-refractivity contribution in [3.63, 3.8) is 0 Å². The van der Waals surface area contributed by atoms with E-state index in [1.54, 1.807) is 18.2 Å². The summed E-state index contributed by atoms with van der Waals surface area (Å²) in [5, 5.41) is 12.7. The molecule has 7 nitrogen and oxygen atoms in total. The zero-order valence-corrected chi connectivity index (χ0v) is 13.6. The third-order valence-corrected chi connectivity index (χ3v) is 5.31. The van der Waals surface area contributed by atoms with Crippen LogP contribution in [0, 0.1) is 0 Å². The molecule has 1 amide bonds. The number of carbonyl (C=O) groups is 1. The van der Waals surface area contributed by atoms with Crippen LogP contribution in [0.25, 0.3) is 10.2 Å². The fourth-order valence-electron chi connectivity index (χ4n) is 2.44. The average molecular weight is 347 g/mol. The second-order valence-electron chi connectivity index (χ2n) is 5.14. The molecule has 0 saturated carbocycles. The van der Waals surface area contributed by atoms with Crippen LogP contribution in [0.1, 0.15) is 34.3 Å². The highest BCUT2D eigenvalue weighted by Gasteiger charge is 2.22. The Morgan fingerprint density at radius 1 is 1.35 bits per heavy atom. The van der Waals surface area contributed by atoms with Crippen LogP contribution in [0.2, 0.25) is 0 Å². The van der Waals surface area contributed by atoms with Crippen molar-refractivity contribution in [3.05, 3.63) is 28.8 Å². The summed E-state index contributed by atoms with van der Waals surface area (Å²) in [6.45, 7) is 0.754. The number of benzene rings is 1. The Hall–Kier alpha value is -2.10. The van der Waals surface area contributed by atoms with Gasteiger partial charge in [-0.1, -0.05) is 22.7 Å². The number of hydrogen-bond donors (Lipinski definition) is 2. The highest BCUT2D eigenvalue weighted by atomic mass is 32.1. The van der Waals surface area contributed by atoms with Gasteiger partial charge in [0.05, 0.1) is 10.2 Å². The molecule has 1 aliphatic rings. The summed E-state index contributed by atoms with van der Waals surface area (Å²) >= 11 is 2.71. The van der Waals surface area contributed by atoms with Gasteiger partial charge in [0.2, 0.25) is 5.13 Å². The number of amides is 1. The van der Waals surface area contributed by atoms with Gasteiger partial charge in [0.15, 0.2) is 5.13 Å². The van der Waals surface area contributed by atoms with E-state index in [0.717, 1.165) is 34.7 Å². The maximum absolute atomic E-state index is 12.3. The Balaban J connectivity index is 1.51. The van der Waals surface area contributed by atoms with E-state index in [2.05, 4.69) is 20.5 Å². The first-order valence-electron chi connectivity index (χ1n) is 7.11. The van der Waals surface area contributed by atoms with Crippen molar-refractivity contribution >= 4 is 49.1 Å². The van der Waals surface area contributed by atoms with E-state index in [1.165, 1.54) is 22.7 Å². The van der Waals surface area contributed by atoms with E-state index in [1.807, 2.05) is 0 Å². The van der Waals surface area contributed by atoms with Gasteiger partial charge >= 0.3 is 0 Å². The first-order valence-corrected chi connectivity index (χ1v) is 8.75. The highest BCUT2D eigenvalue weighted by Crippen LogP contribution is 2.32. The molecule has 1 atom stereocenters. The van der Waals surface area contributed by atoms with E-state index < -0.39 is 0 Å². The topological polar surface area (TPSA) is 103 Å². The average Bonchev–Trinajstić information content (AvgIpc) is 3.25. The largest absolute Gasteiger partial charge is 0.375 e. The summed E-state index contributed by atoms with van der Waals surface area (Å²) in [5.74, 6) is -0.228. The summed E-state index contributed by atoms with van der Waals surface area (Å²) in [7, 11) is 0. The number of ether oxygens (including phenoxy) is 1. The summed E-state index contributed by atoms with van der Waals surface area (Å²) in [5.41, 5.74) is 7.01. The minimum atomic E-state index is -0.228. The Kier molecular flexibility index (Phi) is 3.68. The quantitative estimate of drug-likeness (QED) is 0.755. The number of nitrogen functional groups attached to an aromatic ring is 1. The van der Waals surface area contributed by atoms with Gasteiger partial charge in [-0.05, 0) is 31.0 Å². The molecule has 1 aliphatic heterocycles. The third-order valence-electron chi connectivity index (χ3n) is 3.53. The molecule has 1 unspecified atom stereocenters. The smallest absolute Gasteiger partial charge is 0.257 e. The van der Waals surface area contributed by atoms with Crippen LogP contribution in [-0.4, -0.2) is 27.7 Å². The van der Waals surface area contributed by atoms with Crippen molar-refractivity contribution in [1.82, 2.24) is 15.2 Å². The van der Waals surface area contributed by atoms with Gasteiger partial charge in [-0.3, -0.25) is 10.1 Å². The Labute approximate surface area is 139 Å². The van der Waals surface area contributed by atoms with Crippen LogP contribution < -0.4 is 11.1 Å². The zero-order valence-electron chi connectivity index (χ0n) is 12.0. The van der Waals surface area contributed by atoms with Gasteiger partial charge in [0.25, 0.3) is 5.91 Å². The van der Waals surface area contributed by atoms with Gasteiger partial charge in [-0.25, -0.2) is 4.98 Å². The molecule has 9 heteroatoms. The molecule has 0 radical (unpaired) electrons. The SMILES string of the molecule is Nc1nc2ccc(C(=O)Nc3nnc(C4CCCO4)s3)cc2s1. The standard InChI is InChI=1S/C14H13N5O2S2/c15-13-16-8-4-3-7(6-10(8)22-13)11(20)17-14-19-18-12(23-14)9-2-1-5-21-9/h3-4,6,9H,1-2,5H2,(H2,15,16)(H,17,19,20). The lowest BCUT2D eigenvalue weighted by Crippen LogP contribution is -2.11. The number of carbonyl (C=O) groups excluding carboxylic acids is 1. The van der Waals surface area contributed by atoms with Crippen LogP contribution >= 0.6 is 22.7 Å². The molecule has 1 saturated heterocycles. The molecule has 2 aromatic heterocycles. The molecule has 0 bridgehead atoms. The van der Waals surface area contributed by atoms with E-state index in [9.17, 15) is 4.79 Å². The van der Waals surface area contributed by atoms with Crippen molar-refractivity contribution in [1.29, 1.82) is 0 Å². The predicted octanol–water partition coefficient (Wildman–Crippen LogP) is 2.83. The fourth-order valence-corrected chi connectivity index (χ4v) is 4.04. The summed E-state index contributed by atoms with van der Waals surface area (Å²) in [6.07, 6.45) is 1.99. The van der Waals surface area contributed by atoms with E-state index in [-0.39, 0.29) is 12.0 Å². The van der Waals surface area contributed by atoms with Gasteiger partial charge in [-0.15, -0.1) is 10.2 Å². The first kappa shape index (κ1) is 14.5. The number of aromatic nitrogens is 3. The number of hydrogen-bond acceptors (Lipinski definition) is 8. The van der Waals surface area contributed by atoms with Crippen LogP contribution in [-0.2, 0) is 4.74 Å². The number of anilines is 2. The van der Waals surface area contributed by atoms with Crippen LogP contribution in [0.15, 0.2) is 18.2 Å². The van der Waals surface area contributed by atoms with Crippen molar-refractivity contribution in [2.45, 2.75) is 18.9 Å².